The molecule has 0 bridgehead atoms. The summed E-state index contributed by atoms with van der Waals surface area (Å²) in [5.41, 5.74) is 2.49. The van der Waals surface area contributed by atoms with Crippen molar-refractivity contribution < 1.29 is 0 Å². The molecule has 0 saturated heterocycles. The van der Waals surface area contributed by atoms with Gasteiger partial charge in [0.05, 0.1) is 5.71 Å². The van der Waals surface area contributed by atoms with Gasteiger partial charge >= 0.3 is 0 Å². The molecule has 0 fully saturated rings. The monoisotopic (exact) mass is 213 g/mol. The number of nitrogens with zero attached hydrogens (tertiary/aromatic N) is 1. The summed E-state index contributed by atoms with van der Waals surface area (Å²) in [7, 11) is 0. The van der Waals surface area contributed by atoms with Crippen LogP contribution in [-0.2, 0) is 0 Å². The van der Waals surface area contributed by atoms with Gasteiger partial charge in [-0.15, -0.1) is 0 Å². The van der Waals surface area contributed by atoms with Crippen molar-refractivity contribution in [2.24, 2.45) is 16.2 Å². The molecule has 0 aromatic rings. The van der Waals surface area contributed by atoms with Gasteiger partial charge in [0, 0.05) is 0 Å². The fraction of sp³-hybridized carbons (Fsp3) is 0.750. The molecule has 14 heavy (non-hydrogen) atoms. The molecule has 0 aliphatic rings. The molecule has 0 radical (unpaired) electrons. The molecule has 0 rings (SSSR count). The maximum Gasteiger partial charge on any atom is 0.0543 e. The second-order valence-corrected chi connectivity index (χ2v) is 4.27. The van der Waals surface area contributed by atoms with E-state index >= 15 is 0 Å². The first-order valence-corrected chi connectivity index (χ1v) is 5.86. The quantitative estimate of drug-likeness (QED) is 0.516. The van der Waals surface area contributed by atoms with E-state index in [0.29, 0.717) is 11.8 Å². The molecule has 0 aliphatic carbocycles. The van der Waals surface area contributed by atoms with Gasteiger partial charge in [0.25, 0.3) is 0 Å². The number of hydrogen-bond donors (Lipinski definition) is 1. The lowest BCUT2D eigenvalue weighted by atomic mass is 9.88. The Bertz CT molecular complexity index is 216. The first kappa shape index (κ1) is 13.8. The van der Waals surface area contributed by atoms with Crippen LogP contribution in [0.5, 0.6) is 0 Å². The molecule has 0 amide bonds. The first-order chi connectivity index (χ1) is 6.58. The fourth-order valence-electron chi connectivity index (χ4n) is 1.79. The maximum atomic E-state index is 4.14. The van der Waals surface area contributed by atoms with E-state index in [1.807, 2.05) is 0 Å². The predicted octanol–water partition coefficient (Wildman–Crippen LogP) is 4.31. The van der Waals surface area contributed by atoms with Gasteiger partial charge in [-0.2, -0.15) is 0 Å². The van der Waals surface area contributed by atoms with Gasteiger partial charge in [0.15, 0.2) is 0 Å². The molecular formula is C12H23NS. The Morgan fingerprint density at radius 3 is 2.21 bits per heavy atom. The van der Waals surface area contributed by atoms with Gasteiger partial charge in [-0.05, 0) is 43.6 Å². The molecule has 1 unspecified atom stereocenters. The van der Waals surface area contributed by atoms with Gasteiger partial charge in [0.1, 0.15) is 0 Å². The summed E-state index contributed by atoms with van der Waals surface area (Å²) >= 11 is 4.08. The van der Waals surface area contributed by atoms with Crippen molar-refractivity contribution in [2.45, 2.75) is 47.5 Å². The van der Waals surface area contributed by atoms with E-state index in [-0.39, 0.29) is 0 Å². The third-order valence-electron chi connectivity index (χ3n) is 2.52. The predicted molar refractivity (Wildman–Crippen MR) is 69.1 cm³/mol. The Morgan fingerprint density at radius 1 is 1.36 bits per heavy atom. The van der Waals surface area contributed by atoms with Crippen molar-refractivity contribution >= 4 is 18.5 Å². The van der Waals surface area contributed by atoms with Gasteiger partial charge in [-0.25, -0.2) is 4.40 Å². The molecule has 0 heterocycles. The number of rotatable bonds is 5. The van der Waals surface area contributed by atoms with E-state index in [1.54, 1.807) is 0 Å². The highest BCUT2D eigenvalue weighted by atomic mass is 32.1. The van der Waals surface area contributed by atoms with Crippen LogP contribution in [0.1, 0.15) is 47.5 Å². The number of hydrogen-bond acceptors (Lipinski definition) is 2. The van der Waals surface area contributed by atoms with E-state index in [4.69, 9.17) is 0 Å². The van der Waals surface area contributed by atoms with Crippen LogP contribution in [0.3, 0.4) is 0 Å². The van der Waals surface area contributed by atoms with Crippen molar-refractivity contribution in [1.82, 2.24) is 0 Å². The summed E-state index contributed by atoms with van der Waals surface area (Å²) in [6.07, 6.45) is 4.54. The van der Waals surface area contributed by atoms with Crippen LogP contribution in [-0.4, -0.2) is 5.71 Å². The number of thiol groups is 1. The minimum atomic E-state index is 0.520. The Hall–Kier alpha value is -0.240. The zero-order chi connectivity index (χ0) is 11.1. The standard InChI is InChI=1S/C12H23NS/c1-6-8-10(5)12(13-14)11(7-2)9(3)4/h7,9-10,14H,6,8H2,1-5H3/b11-7-,13-12-. The Morgan fingerprint density at radius 2 is 1.93 bits per heavy atom. The Labute approximate surface area is 94.2 Å². The van der Waals surface area contributed by atoms with Crippen LogP contribution in [0.4, 0.5) is 0 Å². The highest BCUT2D eigenvalue weighted by molar-refractivity contribution is 7.79. The molecule has 0 aliphatic heterocycles. The van der Waals surface area contributed by atoms with E-state index in [1.165, 1.54) is 18.4 Å². The van der Waals surface area contributed by atoms with Crippen LogP contribution < -0.4 is 0 Å². The average Bonchev–Trinajstić information content (AvgIpc) is 2.13. The van der Waals surface area contributed by atoms with Gasteiger partial charge in [-0.1, -0.05) is 40.2 Å². The normalized spacial score (nSPS) is 16.2. The highest BCUT2D eigenvalue weighted by Crippen LogP contribution is 2.20. The summed E-state index contributed by atoms with van der Waals surface area (Å²) in [6, 6.07) is 0. The van der Waals surface area contributed by atoms with Crippen LogP contribution in [0, 0.1) is 11.8 Å². The molecule has 82 valence electrons. The molecule has 2 heteroatoms. The summed E-state index contributed by atoms with van der Waals surface area (Å²) in [4.78, 5) is 0. The Balaban J connectivity index is 4.72. The van der Waals surface area contributed by atoms with Gasteiger partial charge in [-0.3, -0.25) is 0 Å². The third-order valence-corrected chi connectivity index (χ3v) is 2.74. The maximum absolute atomic E-state index is 4.14. The van der Waals surface area contributed by atoms with Gasteiger partial charge in [0.2, 0.25) is 0 Å². The number of allylic oxidation sites excluding steroid dienone is 2. The van der Waals surface area contributed by atoms with Crippen molar-refractivity contribution in [3.63, 3.8) is 0 Å². The summed E-state index contributed by atoms with van der Waals surface area (Å²) in [5.74, 6) is 1.05. The topological polar surface area (TPSA) is 12.4 Å². The van der Waals surface area contributed by atoms with E-state index < -0.39 is 0 Å². The van der Waals surface area contributed by atoms with Crippen LogP contribution in [0.15, 0.2) is 16.0 Å². The molecule has 0 N–H and O–H groups in total. The summed E-state index contributed by atoms with van der Waals surface area (Å²) in [6.45, 7) is 10.9. The van der Waals surface area contributed by atoms with Crippen molar-refractivity contribution in [2.75, 3.05) is 0 Å². The van der Waals surface area contributed by atoms with Crippen molar-refractivity contribution in [1.29, 1.82) is 0 Å². The zero-order valence-corrected chi connectivity index (χ0v) is 10.9. The van der Waals surface area contributed by atoms with E-state index in [9.17, 15) is 0 Å². The van der Waals surface area contributed by atoms with E-state index in [2.05, 4.69) is 57.9 Å². The van der Waals surface area contributed by atoms with Gasteiger partial charge < -0.3 is 0 Å². The zero-order valence-electron chi connectivity index (χ0n) is 10.0. The lowest BCUT2D eigenvalue weighted by Gasteiger charge is -2.18. The average molecular weight is 213 g/mol. The lowest BCUT2D eigenvalue weighted by molar-refractivity contribution is 0.657. The highest BCUT2D eigenvalue weighted by Gasteiger charge is 2.16. The van der Waals surface area contributed by atoms with Crippen molar-refractivity contribution in [3.8, 4) is 0 Å². The smallest absolute Gasteiger partial charge is 0.0543 e. The first-order valence-electron chi connectivity index (χ1n) is 5.46. The van der Waals surface area contributed by atoms with Crippen LogP contribution in [0.2, 0.25) is 0 Å². The second-order valence-electron chi connectivity index (χ2n) is 4.07. The third kappa shape index (κ3) is 3.87. The van der Waals surface area contributed by atoms with Crippen LogP contribution in [0.25, 0.3) is 0 Å². The fourth-order valence-corrected chi connectivity index (χ4v) is 2.10. The molecule has 0 aromatic carbocycles. The molecule has 1 atom stereocenters. The molecular weight excluding hydrogens is 190 g/mol. The Kier molecular flexibility index (Phi) is 6.98. The lowest BCUT2D eigenvalue weighted by Crippen LogP contribution is -2.16. The largest absolute Gasteiger partial charge is 0.224 e. The molecule has 1 nitrogen and oxygen atoms in total. The van der Waals surface area contributed by atoms with Crippen LogP contribution >= 0.6 is 12.8 Å². The molecule has 0 spiro atoms. The SMILES string of the molecule is C/C=C(\C(=N/S)C(C)CCC)C(C)C. The molecule has 0 saturated carbocycles. The van der Waals surface area contributed by atoms with Crippen molar-refractivity contribution in [3.05, 3.63) is 11.6 Å². The minimum Gasteiger partial charge on any atom is -0.224 e. The summed E-state index contributed by atoms with van der Waals surface area (Å²) in [5, 5.41) is 0. The van der Waals surface area contributed by atoms with E-state index in [0.717, 1.165) is 5.71 Å². The minimum absolute atomic E-state index is 0.520. The summed E-state index contributed by atoms with van der Waals surface area (Å²) < 4.78 is 4.14. The molecule has 0 aromatic heterocycles. The second kappa shape index (κ2) is 7.10.